The number of halogens is 5. The first kappa shape index (κ1) is 22.7. The van der Waals surface area contributed by atoms with E-state index >= 15 is 0 Å². The van der Waals surface area contributed by atoms with Gasteiger partial charge >= 0.3 is 0 Å². The van der Waals surface area contributed by atoms with Crippen molar-refractivity contribution >= 4 is 95.6 Å². The lowest BCUT2D eigenvalue weighted by atomic mass is 10.2. The molecule has 4 nitrogen and oxygen atoms in total. The summed E-state index contributed by atoms with van der Waals surface area (Å²) in [5, 5.41) is 8.65. The van der Waals surface area contributed by atoms with Gasteiger partial charge in [-0.1, -0.05) is 53.0 Å². The number of hydrogen-bond acceptors (Lipinski definition) is 2. The van der Waals surface area contributed by atoms with E-state index in [-0.39, 0.29) is 5.11 Å². The number of anilines is 1. The average Bonchev–Trinajstić information content (AvgIpc) is 2.57. The molecule has 0 aromatic heterocycles. The molecule has 2 aromatic rings. The third-order valence-corrected chi connectivity index (χ3v) is 5.46. The van der Waals surface area contributed by atoms with E-state index in [2.05, 4.69) is 47.8 Å². The van der Waals surface area contributed by atoms with Crippen molar-refractivity contribution in [2.75, 3.05) is 5.32 Å². The monoisotopic (exact) mass is 571 g/mol. The summed E-state index contributed by atoms with van der Waals surface area (Å²) in [6, 6.07) is 12.5. The van der Waals surface area contributed by atoms with Gasteiger partial charge in [-0.05, 0) is 80.8 Å². The van der Waals surface area contributed by atoms with Gasteiger partial charge in [-0.2, -0.15) is 0 Å². The summed E-state index contributed by atoms with van der Waals surface area (Å²) in [7, 11) is 0. The minimum Gasteiger partial charge on any atom is -0.339 e. The highest BCUT2D eigenvalue weighted by molar-refractivity contribution is 9.11. The van der Waals surface area contributed by atoms with Crippen LogP contribution in [0.15, 0.2) is 51.4 Å². The Hall–Kier alpha value is -0.570. The Morgan fingerprint density at radius 1 is 1.07 bits per heavy atom. The van der Waals surface area contributed by atoms with Gasteiger partial charge in [0.05, 0.1) is 5.69 Å². The van der Waals surface area contributed by atoms with Crippen molar-refractivity contribution in [2.45, 2.75) is 16.9 Å². The molecule has 144 valence electrons. The molecular formula is C17H14Br2Cl3N3OS. The van der Waals surface area contributed by atoms with E-state index in [1.165, 1.54) is 0 Å². The van der Waals surface area contributed by atoms with E-state index in [1.807, 2.05) is 19.1 Å². The fourth-order valence-electron chi connectivity index (χ4n) is 2.10. The fourth-order valence-corrected chi connectivity index (χ4v) is 4.26. The van der Waals surface area contributed by atoms with Gasteiger partial charge in [0, 0.05) is 14.5 Å². The Balaban J connectivity index is 2.12. The number of nitrogens with one attached hydrogen (secondary N) is 3. The minimum absolute atomic E-state index is 0.171. The molecule has 2 rings (SSSR count). The molecule has 0 saturated carbocycles. The third-order valence-electron chi connectivity index (χ3n) is 3.34. The number of hydrogen-bond donors (Lipinski definition) is 3. The van der Waals surface area contributed by atoms with Gasteiger partial charge in [0.2, 0.25) is 3.79 Å². The molecule has 0 spiro atoms. The Bertz CT molecular complexity index is 824. The van der Waals surface area contributed by atoms with Crippen LogP contribution in [-0.2, 0) is 0 Å². The number of rotatable bonds is 4. The predicted molar refractivity (Wildman–Crippen MR) is 124 cm³/mol. The molecule has 1 atom stereocenters. The largest absolute Gasteiger partial charge is 0.339 e. The van der Waals surface area contributed by atoms with Gasteiger partial charge in [-0.3, -0.25) is 4.79 Å². The quantitative estimate of drug-likeness (QED) is 0.241. The van der Waals surface area contributed by atoms with Crippen molar-refractivity contribution in [1.82, 2.24) is 10.6 Å². The highest BCUT2D eigenvalue weighted by atomic mass is 79.9. The summed E-state index contributed by atoms with van der Waals surface area (Å²) >= 11 is 30.3. The lowest BCUT2D eigenvalue weighted by Gasteiger charge is -2.28. The summed E-state index contributed by atoms with van der Waals surface area (Å²) in [5.41, 5.74) is 2.20. The maximum atomic E-state index is 12.4. The highest BCUT2D eigenvalue weighted by Gasteiger charge is 2.35. The van der Waals surface area contributed by atoms with Crippen molar-refractivity contribution in [1.29, 1.82) is 0 Å². The number of amides is 1. The first-order valence-corrected chi connectivity index (χ1v) is 10.7. The normalized spacial score (nSPS) is 12.2. The van der Waals surface area contributed by atoms with Crippen molar-refractivity contribution in [2.24, 2.45) is 0 Å². The van der Waals surface area contributed by atoms with Crippen LogP contribution in [0.4, 0.5) is 5.69 Å². The molecule has 1 amide bonds. The SMILES string of the molecule is Cc1cc(Br)c(NC(=S)N[C@H](NC(=O)c2ccccc2)C(Cl)(Cl)Cl)c(Br)c1. The van der Waals surface area contributed by atoms with Crippen LogP contribution in [0, 0.1) is 6.92 Å². The second-order valence-corrected chi connectivity index (χ2v) is 10.0. The number of aryl methyl sites for hydroxylation is 1. The van der Waals surface area contributed by atoms with E-state index in [9.17, 15) is 4.79 Å². The molecule has 0 unspecified atom stereocenters. The van der Waals surface area contributed by atoms with Gasteiger partial charge in [-0.15, -0.1) is 0 Å². The summed E-state index contributed by atoms with van der Waals surface area (Å²) in [6.45, 7) is 1.97. The van der Waals surface area contributed by atoms with Crippen LogP contribution in [-0.4, -0.2) is 21.0 Å². The Morgan fingerprint density at radius 3 is 2.15 bits per heavy atom. The van der Waals surface area contributed by atoms with Gasteiger partial charge in [0.25, 0.3) is 5.91 Å². The second kappa shape index (κ2) is 9.76. The van der Waals surface area contributed by atoms with Crippen molar-refractivity contribution in [3.63, 3.8) is 0 Å². The number of carbonyl (C=O) groups excluding carboxylic acids is 1. The predicted octanol–water partition coefficient (Wildman–Crippen LogP) is 5.93. The standard InChI is InChI=1S/C17H14Br2Cl3N3OS/c1-9-7-11(18)13(12(19)8-9)23-16(27)25-15(17(20,21)22)24-14(26)10-5-3-2-4-6-10/h2-8,15H,1H3,(H,24,26)(H2,23,25,27)/t15-/m0/s1. The van der Waals surface area contributed by atoms with E-state index in [4.69, 9.17) is 47.0 Å². The summed E-state index contributed by atoms with van der Waals surface area (Å²) in [5.74, 6) is -0.403. The van der Waals surface area contributed by atoms with Crippen LogP contribution < -0.4 is 16.0 Å². The summed E-state index contributed by atoms with van der Waals surface area (Å²) in [4.78, 5) is 12.4. The zero-order chi connectivity index (χ0) is 20.2. The Kier molecular flexibility index (Phi) is 8.21. The molecule has 0 radical (unpaired) electrons. The van der Waals surface area contributed by atoms with E-state index < -0.39 is 15.9 Å². The molecule has 0 bridgehead atoms. The lowest BCUT2D eigenvalue weighted by molar-refractivity contribution is 0.0934. The number of alkyl halides is 3. The molecule has 10 heteroatoms. The lowest BCUT2D eigenvalue weighted by Crippen LogP contribution is -2.56. The average molecular weight is 575 g/mol. The van der Waals surface area contributed by atoms with Gasteiger partial charge in [0.1, 0.15) is 6.17 Å². The van der Waals surface area contributed by atoms with Crippen LogP contribution in [0.5, 0.6) is 0 Å². The van der Waals surface area contributed by atoms with Crippen LogP contribution in [0.2, 0.25) is 0 Å². The minimum atomic E-state index is -1.84. The number of thiocarbonyl (C=S) groups is 1. The topological polar surface area (TPSA) is 53.2 Å². The molecule has 0 fully saturated rings. The molecule has 0 aliphatic rings. The number of benzene rings is 2. The van der Waals surface area contributed by atoms with E-state index in [0.717, 1.165) is 14.5 Å². The molecule has 2 aromatic carbocycles. The fraction of sp³-hybridized carbons (Fsp3) is 0.176. The van der Waals surface area contributed by atoms with E-state index in [0.29, 0.717) is 11.3 Å². The first-order valence-electron chi connectivity index (χ1n) is 7.53. The van der Waals surface area contributed by atoms with Crippen molar-refractivity contribution < 1.29 is 4.79 Å². The van der Waals surface area contributed by atoms with Crippen LogP contribution in [0.1, 0.15) is 15.9 Å². The van der Waals surface area contributed by atoms with Gasteiger partial charge in [-0.25, -0.2) is 0 Å². The molecule has 27 heavy (non-hydrogen) atoms. The van der Waals surface area contributed by atoms with Crippen molar-refractivity contribution in [3.05, 3.63) is 62.5 Å². The Morgan fingerprint density at radius 2 is 1.63 bits per heavy atom. The van der Waals surface area contributed by atoms with Crippen LogP contribution in [0.25, 0.3) is 0 Å². The van der Waals surface area contributed by atoms with Gasteiger partial charge < -0.3 is 16.0 Å². The zero-order valence-corrected chi connectivity index (χ0v) is 20.1. The third kappa shape index (κ3) is 6.76. The molecule has 0 saturated heterocycles. The molecular weight excluding hydrogens is 560 g/mol. The van der Waals surface area contributed by atoms with Crippen LogP contribution >= 0.6 is 78.9 Å². The van der Waals surface area contributed by atoms with Crippen molar-refractivity contribution in [3.8, 4) is 0 Å². The number of carbonyl (C=O) groups is 1. The van der Waals surface area contributed by atoms with Gasteiger partial charge in [0.15, 0.2) is 5.11 Å². The van der Waals surface area contributed by atoms with E-state index in [1.54, 1.807) is 30.3 Å². The molecule has 0 heterocycles. The second-order valence-electron chi connectivity index (χ2n) is 5.52. The maximum Gasteiger partial charge on any atom is 0.252 e. The first-order chi connectivity index (χ1) is 12.6. The Labute approximate surface area is 194 Å². The zero-order valence-electron chi connectivity index (χ0n) is 13.8. The molecule has 3 N–H and O–H groups in total. The van der Waals surface area contributed by atoms with Crippen LogP contribution in [0.3, 0.4) is 0 Å². The molecule has 0 aliphatic carbocycles. The summed E-state index contributed by atoms with van der Waals surface area (Å²) in [6.07, 6.45) is -1.06. The summed E-state index contributed by atoms with van der Waals surface area (Å²) < 4.78 is -0.229. The highest BCUT2D eigenvalue weighted by Crippen LogP contribution is 2.33. The molecule has 0 aliphatic heterocycles. The maximum absolute atomic E-state index is 12.4. The smallest absolute Gasteiger partial charge is 0.252 e.